The lowest BCUT2D eigenvalue weighted by atomic mass is 9.55. The van der Waals surface area contributed by atoms with Gasteiger partial charge in [-0.25, -0.2) is 4.39 Å². The minimum atomic E-state index is -1.57. The average Bonchev–Trinajstić information content (AvgIpc) is 3.48. The van der Waals surface area contributed by atoms with E-state index in [2.05, 4.69) is 17.1 Å². The van der Waals surface area contributed by atoms with E-state index in [1.165, 1.54) is 24.1 Å². The largest absolute Gasteiger partial charge is 0.454 e. The summed E-state index contributed by atoms with van der Waals surface area (Å²) in [5.74, 6) is -1.83. The Kier molecular flexibility index (Phi) is 11.2. The fraction of sp³-hybridized carbons (Fsp3) is 0.610. The Balaban J connectivity index is 1.05. The van der Waals surface area contributed by atoms with Gasteiger partial charge in [0.05, 0.1) is 23.4 Å². The first-order valence-corrected chi connectivity index (χ1v) is 19.6. The first kappa shape index (κ1) is 39.1. The molecule has 2 aromatic carbocycles. The van der Waals surface area contributed by atoms with Crippen molar-refractivity contribution in [1.82, 2.24) is 10.2 Å². The highest BCUT2D eigenvalue weighted by Crippen LogP contribution is 2.53. The van der Waals surface area contributed by atoms with Crippen molar-refractivity contribution >= 4 is 29.2 Å². The third-order valence-electron chi connectivity index (χ3n) is 12.7. The molecule has 3 heterocycles. The number of likely N-dealkylation sites (tertiary alicyclic amines) is 1. The van der Waals surface area contributed by atoms with Crippen LogP contribution in [0.3, 0.4) is 0 Å². The number of carbonyl (C=O) groups excluding carboxylic acids is 2. The predicted molar refractivity (Wildman–Crippen MR) is 199 cm³/mol. The van der Waals surface area contributed by atoms with Crippen molar-refractivity contribution in [3.63, 3.8) is 0 Å². The minimum absolute atomic E-state index is 0.0531. The number of aliphatic hydroxyl groups is 2. The summed E-state index contributed by atoms with van der Waals surface area (Å²) < 4.78 is 31.6. The van der Waals surface area contributed by atoms with Crippen LogP contribution in [0, 0.1) is 29.5 Å². The number of carbonyl (C=O) groups is 2. The van der Waals surface area contributed by atoms with Gasteiger partial charge in [-0.2, -0.15) is 0 Å². The Morgan fingerprint density at radius 1 is 1.09 bits per heavy atom. The Bertz CT molecular complexity index is 1740. The standard InChI is InChI=1S/C41H53ClFN3O8/c1-23-19-32-30(24(2)21-46-17-15-29(16-18-46)51-22-27-10-12-28(43)13-11-27)14-9-25(3)41(32,50)37(36(23)52-26(4)47)53-38(48)34-20-40(49)31-7-6-8-33(42)35(31)45(5)54-39(40)44-34/h6-8,10-13,19,24-25,29-30,32,34,36-37,39,44,49-50H,9,14-18,20-22H2,1-5H3/t24?,25-,30+,32-,34+,36-,37+,39-,40-,41-/m1/s1. The van der Waals surface area contributed by atoms with Crippen LogP contribution in [0.25, 0.3) is 0 Å². The van der Waals surface area contributed by atoms with Crippen LogP contribution in [0.4, 0.5) is 10.1 Å². The zero-order valence-electron chi connectivity index (χ0n) is 31.7. The van der Waals surface area contributed by atoms with Crippen LogP contribution in [0.2, 0.25) is 5.02 Å². The Morgan fingerprint density at radius 2 is 1.81 bits per heavy atom. The van der Waals surface area contributed by atoms with Crippen molar-refractivity contribution in [2.24, 2.45) is 23.7 Å². The lowest BCUT2D eigenvalue weighted by molar-refractivity contribution is -0.225. The van der Waals surface area contributed by atoms with Gasteiger partial charge in [-0.15, -0.1) is 0 Å². The summed E-state index contributed by atoms with van der Waals surface area (Å²) in [6.45, 7) is 10.4. The van der Waals surface area contributed by atoms with Gasteiger partial charge < -0.3 is 29.3 Å². The molecule has 0 amide bonds. The molecule has 2 aliphatic carbocycles. The second kappa shape index (κ2) is 15.4. The summed E-state index contributed by atoms with van der Waals surface area (Å²) in [5.41, 5.74) is -0.366. The van der Waals surface area contributed by atoms with E-state index in [9.17, 15) is 24.2 Å². The number of esters is 2. The number of ether oxygens (including phenoxy) is 3. The second-order valence-electron chi connectivity index (χ2n) is 16.2. The molecule has 2 aromatic rings. The van der Waals surface area contributed by atoms with Crippen molar-refractivity contribution in [2.45, 2.75) is 108 Å². The van der Waals surface area contributed by atoms with Gasteiger partial charge in [-0.05, 0) is 79.7 Å². The number of anilines is 1. The molecule has 0 radical (unpaired) electrons. The molecular formula is C41H53ClFN3O8. The highest BCUT2D eigenvalue weighted by Gasteiger charge is 2.62. The maximum atomic E-state index is 14.2. The van der Waals surface area contributed by atoms with Crippen molar-refractivity contribution in [1.29, 1.82) is 0 Å². The molecule has 11 nitrogen and oxygen atoms in total. The van der Waals surface area contributed by atoms with Gasteiger partial charge in [0.25, 0.3) is 0 Å². The average molecular weight is 770 g/mol. The van der Waals surface area contributed by atoms with Gasteiger partial charge >= 0.3 is 11.9 Å². The molecule has 2 saturated heterocycles. The van der Waals surface area contributed by atoms with E-state index in [4.69, 9.17) is 30.6 Å². The van der Waals surface area contributed by atoms with Gasteiger partial charge in [0.1, 0.15) is 23.1 Å². The highest BCUT2D eigenvalue weighted by molar-refractivity contribution is 6.33. The first-order chi connectivity index (χ1) is 25.7. The fourth-order valence-corrected chi connectivity index (χ4v) is 10.0. The van der Waals surface area contributed by atoms with E-state index < -0.39 is 47.6 Å². The van der Waals surface area contributed by atoms with Gasteiger partial charge in [-0.1, -0.05) is 55.8 Å². The fourth-order valence-electron chi connectivity index (χ4n) is 9.76. The molecule has 294 valence electrons. The molecule has 3 fully saturated rings. The molecule has 5 aliphatic rings. The number of fused-ring (bicyclic) bond motifs is 4. The number of piperidine rings is 1. The Labute approximate surface area is 321 Å². The van der Waals surface area contributed by atoms with E-state index in [1.807, 2.05) is 19.9 Å². The monoisotopic (exact) mass is 769 g/mol. The number of nitrogens with zero attached hydrogens (tertiary/aromatic N) is 2. The number of para-hydroxylation sites is 1. The molecule has 0 spiro atoms. The quantitative estimate of drug-likeness (QED) is 0.229. The van der Waals surface area contributed by atoms with Crippen LogP contribution in [-0.2, 0) is 40.8 Å². The summed E-state index contributed by atoms with van der Waals surface area (Å²) in [5, 5.41) is 29.8. The predicted octanol–water partition coefficient (Wildman–Crippen LogP) is 5.25. The zero-order valence-corrected chi connectivity index (χ0v) is 32.4. The summed E-state index contributed by atoms with van der Waals surface area (Å²) in [6.07, 6.45) is 2.41. The molecule has 3 N–H and O–H groups in total. The van der Waals surface area contributed by atoms with E-state index in [-0.39, 0.29) is 42.0 Å². The maximum Gasteiger partial charge on any atom is 0.323 e. The third kappa shape index (κ3) is 7.31. The Morgan fingerprint density at radius 3 is 2.52 bits per heavy atom. The van der Waals surface area contributed by atoms with Gasteiger partial charge in [0.2, 0.25) is 0 Å². The van der Waals surface area contributed by atoms with Crippen molar-refractivity contribution in [3.05, 3.63) is 76.1 Å². The molecule has 1 unspecified atom stereocenters. The molecular weight excluding hydrogens is 717 g/mol. The summed E-state index contributed by atoms with van der Waals surface area (Å²) >= 11 is 6.48. The van der Waals surface area contributed by atoms with Crippen LogP contribution in [0.15, 0.2) is 54.1 Å². The van der Waals surface area contributed by atoms with Gasteiger partial charge in [0.15, 0.2) is 18.4 Å². The number of hydrogen-bond acceptors (Lipinski definition) is 11. The number of nitrogens with one attached hydrogen (secondary N) is 1. The Hall–Kier alpha value is -3.10. The number of rotatable bonds is 9. The molecule has 0 bridgehead atoms. The van der Waals surface area contributed by atoms with Crippen molar-refractivity contribution < 1.29 is 43.2 Å². The maximum absolute atomic E-state index is 14.2. The topological polar surface area (TPSA) is 130 Å². The number of hydroxylamine groups is 1. The second-order valence-corrected chi connectivity index (χ2v) is 16.6. The summed E-state index contributed by atoms with van der Waals surface area (Å²) in [7, 11) is 1.69. The number of hydrogen-bond donors (Lipinski definition) is 3. The molecule has 7 rings (SSSR count). The minimum Gasteiger partial charge on any atom is -0.454 e. The van der Waals surface area contributed by atoms with Crippen LogP contribution in [-0.4, -0.2) is 89.9 Å². The van der Waals surface area contributed by atoms with Gasteiger partial charge in [-0.3, -0.25) is 24.8 Å². The van der Waals surface area contributed by atoms with Crippen LogP contribution >= 0.6 is 11.6 Å². The zero-order chi connectivity index (χ0) is 38.5. The van der Waals surface area contributed by atoms with Crippen LogP contribution in [0.1, 0.15) is 70.9 Å². The van der Waals surface area contributed by atoms with E-state index in [0.717, 1.165) is 50.0 Å². The lowest BCUT2D eigenvalue weighted by Gasteiger charge is -2.56. The highest BCUT2D eigenvalue weighted by atomic mass is 35.5. The number of benzene rings is 2. The molecule has 1 saturated carbocycles. The van der Waals surface area contributed by atoms with Crippen molar-refractivity contribution in [2.75, 3.05) is 31.7 Å². The molecule has 13 heteroatoms. The molecule has 10 atom stereocenters. The van der Waals surface area contributed by atoms with Crippen LogP contribution in [0.5, 0.6) is 0 Å². The summed E-state index contributed by atoms with van der Waals surface area (Å²) in [4.78, 5) is 35.1. The van der Waals surface area contributed by atoms with Gasteiger partial charge in [0, 0.05) is 51.5 Å². The normalized spacial score (nSPS) is 34.6. The van der Waals surface area contributed by atoms with E-state index in [0.29, 0.717) is 29.3 Å². The molecule has 54 heavy (non-hydrogen) atoms. The smallest absolute Gasteiger partial charge is 0.323 e. The van der Waals surface area contributed by atoms with E-state index in [1.54, 1.807) is 37.4 Å². The van der Waals surface area contributed by atoms with Crippen LogP contribution < -0.4 is 10.4 Å². The summed E-state index contributed by atoms with van der Waals surface area (Å²) in [6, 6.07) is 10.6. The number of halogens is 2. The van der Waals surface area contributed by atoms with E-state index >= 15 is 0 Å². The first-order valence-electron chi connectivity index (χ1n) is 19.2. The van der Waals surface area contributed by atoms with Crippen molar-refractivity contribution in [3.8, 4) is 0 Å². The lowest BCUT2D eigenvalue weighted by Crippen LogP contribution is -2.66. The SMILES string of the molecule is CC(=O)O[C@@H]1C(C)=C[C@@H]2[C@H](C(C)CN3CCC(OCc4ccc(F)cc4)CC3)CC[C@@H](C)[C@]2(O)[C@H]1OC(=O)[C@@H]1C[C@@]2(O)c3cccc(Cl)c3N(C)O[C@H]2N1. The molecule has 3 aliphatic heterocycles. The third-order valence-corrected chi connectivity index (χ3v) is 13.0. The molecule has 0 aromatic heterocycles.